The van der Waals surface area contributed by atoms with Crippen LogP contribution in [0.2, 0.25) is 0 Å². The molecule has 2 aromatic carbocycles. The number of amides is 2. The zero-order valence-corrected chi connectivity index (χ0v) is 20.9. The standard InChI is InChI=1S/C24H32FN3O5S/c1-17(2)14-26-24(30)18(3)27(15-19-10-12-20(33-4)13-11-19)23(29)16-28(34(5,31)32)22-9-7-6-8-21(22)25/h6-13,17-18H,14-16H2,1-5H3,(H,26,30)/t18-/m0/s1. The van der Waals surface area contributed by atoms with Gasteiger partial charge in [-0.1, -0.05) is 38.1 Å². The summed E-state index contributed by atoms with van der Waals surface area (Å²) in [5.74, 6) is -0.940. The summed E-state index contributed by atoms with van der Waals surface area (Å²) < 4.78 is 45.2. The van der Waals surface area contributed by atoms with Crippen molar-refractivity contribution >= 4 is 27.5 Å². The van der Waals surface area contributed by atoms with E-state index in [0.717, 1.165) is 17.9 Å². The Hall–Kier alpha value is -3.14. The molecule has 0 aliphatic carbocycles. The van der Waals surface area contributed by atoms with Gasteiger partial charge in [-0.15, -0.1) is 0 Å². The van der Waals surface area contributed by atoms with Gasteiger partial charge in [-0.3, -0.25) is 13.9 Å². The normalized spacial score (nSPS) is 12.2. The number of nitrogens with one attached hydrogen (secondary N) is 1. The lowest BCUT2D eigenvalue weighted by molar-refractivity contribution is -0.139. The summed E-state index contributed by atoms with van der Waals surface area (Å²) in [6, 6.07) is 11.4. The fourth-order valence-corrected chi connectivity index (χ4v) is 4.06. The number of ether oxygens (including phenoxy) is 1. The van der Waals surface area contributed by atoms with Crippen molar-refractivity contribution in [3.8, 4) is 5.75 Å². The van der Waals surface area contributed by atoms with Crippen LogP contribution in [0, 0.1) is 11.7 Å². The first-order valence-corrected chi connectivity index (χ1v) is 12.7. The number of methoxy groups -OCH3 is 1. The van der Waals surface area contributed by atoms with E-state index in [1.165, 1.54) is 30.2 Å². The molecule has 1 atom stereocenters. The molecule has 10 heteroatoms. The molecule has 0 unspecified atom stereocenters. The lowest BCUT2D eigenvalue weighted by Gasteiger charge is -2.31. The summed E-state index contributed by atoms with van der Waals surface area (Å²) in [6.07, 6.45) is 0.902. The van der Waals surface area contributed by atoms with Gasteiger partial charge in [0.25, 0.3) is 0 Å². The zero-order valence-electron chi connectivity index (χ0n) is 20.1. The molecule has 0 radical (unpaired) electrons. The van der Waals surface area contributed by atoms with Crippen molar-refractivity contribution in [2.75, 3.05) is 30.8 Å². The number of hydrogen-bond acceptors (Lipinski definition) is 5. The summed E-state index contributed by atoms with van der Waals surface area (Å²) in [6.45, 7) is 5.29. The molecule has 0 aromatic heterocycles. The van der Waals surface area contributed by atoms with E-state index in [1.54, 1.807) is 31.2 Å². The topological polar surface area (TPSA) is 96.0 Å². The molecule has 0 aliphatic heterocycles. The SMILES string of the molecule is COc1ccc(CN(C(=O)CN(c2ccccc2F)S(C)(=O)=O)[C@@H](C)C(=O)NCC(C)C)cc1. The summed E-state index contributed by atoms with van der Waals surface area (Å²) >= 11 is 0. The van der Waals surface area contributed by atoms with Gasteiger partial charge in [0.2, 0.25) is 21.8 Å². The van der Waals surface area contributed by atoms with Crippen LogP contribution in [0.3, 0.4) is 0 Å². The molecule has 2 amide bonds. The van der Waals surface area contributed by atoms with Crippen molar-refractivity contribution in [3.05, 3.63) is 59.9 Å². The van der Waals surface area contributed by atoms with Crippen LogP contribution in [0.1, 0.15) is 26.3 Å². The van der Waals surface area contributed by atoms with Crippen LogP contribution in [0.4, 0.5) is 10.1 Å². The van der Waals surface area contributed by atoms with E-state index in [2.05, 4.69) is 5.32 Å². The number of carbonyl (C=O) groups excluding carboxylic acids is 2. The fourth-order valence-electron chi connectivity index (χ4n) is 3.21. The van der Waals surface area contributed by atoms with E-state index >= 15 is 0 Å². The Morgan fingerprint density at radius 2 is 1.68 bits per heavy atom. The molecule has 34 heavy (non-hydrogen) atoms. The predicted octanol–water partition coefficient (Wildman–Crippen LogP) is 2.79. The largest absolute Gasteiger partial charge is 0.497 e. The molecular formula is C24H32FN3O5S. The van der Waals surface area contributed by atoms with Gasteiger partial charge >= 0.3 is 0 Å². The van der Waals surface area contributed by atoms with Gasteiger partial charge in [0.05, 0.1) is 19.1 Å². The van der Waals surface area contributed by atoms with Crippen LogP contribution in [0.5, 0.6) is 5.75 Å². The molecule has 0 aliphatic rings. The molecule has 0 saturated heterocycles. The Morgan fingerprint density at radius 1 is 1.06 bits per heavy atom. The lowest BCUT2D eigenvalue weighted by atomic mass is 10.1. The Kier molecular flexibility index (Phi) is 9.43. The van der Waals surface area contributed by atoms with Crippen LogP contribution in [-0.2, 0) is 26.2 Å². The highest BCUT2D eigenvalue weighted by Gasteiger charge is 2.31. The number of nitrogens with zero attached hydrogens (tertiary/aromatic N) is 2. The quantitative estimate of drug-likeness (QED) is 0.519. The van der Waals surface area contributed by atoms with E-state index in [4.69, 9.17) is 4.74 Å². The maximum absolute atomic E-state index is 14.4. The minimum Gasteiger partial charge on any atom is -0.497 e. The highest BCUT2D eigenvalue weighted by Crippen LogP contribution is 2.22. The van der Waals surface area contributed by atoms with Crippen molar-refractivity contribution in [1.82, 2.24) is 10.2 Å². The summed E-state index contributed by atoms with van der Waals surface area (Å²) in [4.78, 5) is 27.5. The first kappa shape index (κ1) is 27.1. The smallest absolute Gasteiger partial charge is 0.244 e. The Bertz CT molecular complexity index is 1090. The molecule has 8 nitrogen and oxygen atoms in total. The first-order chi connectivity index (χ1) is 15.9. The van der Waals surface area contributed by atoms with Crippen molar-refractivity contribution in [2.24, 2.45) is 5.92 Å². The summed E-state index contributed by atoms with van der Waals surface area (Å²) in [5, 5.41) is 2.80. The third-order valence-corrected chi connectivity index (χ3v) is 6.29. The number of hydrogen-bond donors (Lipinski definition) is 1. The van der Waals surface area contributed by atoms with Crippen molar-refractivity contribution in [3.63, 3.8) is 0 Å². The predicted molar refractivity (Wildman–Crippen MR) is 129 cm³/mol. The second-order valence-corrected chi connectivity index (χ2v) is 10.3. The highest BCUT2D eigenvalue weighted by molar-refractivity contribution is 7.92. The molecular weight excluding hydrogens is 461 g/mol. The number of anilines is 1. The zero-order chi connectivity index (χ0) is 25.5. The van der Waals surface area contributed by atoms with Gasteiger partial charge in [0, 0.05) is 13.1 Å². The summed E-state index contributed by atoms with van der Waals surface area (Å²) in [7, 11) is -2.45. The van der Waals surface area contributed by atoms with Crippen molar-refractivity contribution in [1.29, 1.82) is 0 Å². The lowest BCUT2D eigenvalue weighted by Crippen LogP contribution is -2.51. The van der Waals surface area contributed by atoms with Crippen LogP contribution in [0.15, 0.2) is 48.5 Å². The number of benzene rings is 2. The molecule has 0 spiro atoms. The number of halogens is 1. The third kappa shape index (κ3) is 7.44. The maximum atomic E-state index is 14.4. The second-order valence-electron chi connectivity index (χ2n) is 8.41. The first-order valence-electron chi connectivity index (χ1n) is 10.9. The van der Waals surface area contributed by atoms with E-state index < -0.39 is 34.3 Å². The van der Waals surface area contributed by atoms with Gasteiger partial charge in [-0.2, -0.15) is 0 Å². The molecule has 0 bridgehead atoms. The van der Waals surface area contributed by atoms with Gasteiger partial charge in [0.15, 0.2) is 0 Å². The van der Waals surface area contributed by atoms with Gasteiger partial charge in [-0.25, -0.2) is 12.8 Å². The average Bonchev–Trinajstić information content (AvgIpc) is 2.79. The minimum absolute atomic E-state index is 0.0496. The third-order valence-electron chi connectivity index (χ3n) is 5.16. The van der Waals surface area contributed by atoms with Crippen LogP contribution in [-0.4, -0.2) is 57.6 Å². The number of carbonyl (C=O) groups is 2. The molecule has 2 rings (SSSR count). The molecule has 1 N–H and O–H groups in total. The monoisotopic (exact) mass is 493 g/mol. The van der Waals surface area contributed by atoms with Crippen LogP contribution in [0.25, 0.3) is 0 Å². The van der Waals surface area contributed by atoms with E-state index in [-0.39, 0.29) is 24.1 Å². The highest BCUT2D eigenvalue weighted by atomic mass is 32.2. The number of rotatable bonds is 11. The maximum Gasteiger partial charge on any atom is 0.244 e. The number of para-hydroxylation sites is 1. The van der Waals surface area contributed by atoms with Crippen molar-refractivity contribution in [2.45, 2.75) is 33.4 Å². The van der Waals surface area contributed by atoms with Gasteiger partial charge in [-0.05, 0) is 42.7 Å². The molecule has 2 aromatic rings. The van der Waals surface area contributed by atoms with Crippen LogP contribution < -0.4 is 14.4 Å². The average molecular weight is 494 g/mol. The fraction of sp³-hybridized carbons (Fsp3) is 0.417. The molecule has 0 saturated carbocycles. The number of sulfonamides is 1. The molecule has 186 valence electrons. The van der Waals surface area contributed by atoms with E-state index in [1.807, 2.05) is 13.8 Å². The Morgan fingerprint density at radius 3 is 2.21 bits per heavy atom. The van der Waals surface area contributed by atoms with Gasteiger partial charge < -0.3 is 15.0 Å². The van der Waals surface area contributed by atoms with Gasteiger partial charge in [0.1, 0.15) is 24.2 Å². The molecule has 0 fully saturated rings. The minimum atomic E-state index is -3.99. The molecule has 0 heterocycles. The Balaban J connectivity index is 2.37. The second kappa shape index (κ2) is 11.8. The Labute approximate surface area is 200 Å². The summed E-state index contributed by atoms with van der Waals surface area (Å²) in [5.41, 5.74) is 0.481. The van der Waals surface area contributed by atoms with E-state index in [0.29, 0.717) is 16.6 Å². The van der Waals surface area contributed by atoms with Crippen molar-refractivity contribution < 1.29 is 27.1 Å². The van der Waals surface area contributed by atoms with E-state index in [9.17, 15) is 22.4 Å². The van der Waals surface area contributed by atoms with Crippen LogP contribution >= 0.6 is 0 Å².